The molecule has 1 unspecified atom stereocenters. The molecular formula is C23H36N4O2. The first-order valence-electron chi connectivity index (χ1n) is 10.9. The van der Waals surface area contributed by atoms with Crippen LogP contribution in [-0.4, -0.2) is 69.0 Å². The van der Waals surface area contributed by atoms with Gasteiger partial charge in [0.05, 0.1) is 19.8 Å². The molecule has 2 aromatic rings. The van der Waals surface area contributed by atoms with Crippen LogP contribution in [0.15, 0.2) is 29.4 Å². The van der Waals surface area contributed by atoms with E-state index in [0.717, 1.165) is 58.0 Å². The maximum atomic E-state index is 5.72. The molecule has 0 radical (unpaired) electrons. The van der Waals surface area contributed by atoms with E-state index in [2.05, 4.69) is 53.4 Å². The lowest BCUT2D eigenvalue weighted by Crippen LogP contribution is -2.40. The lowest BCUT2D eigenvalue weighted by Gasteiger charge is -2.21. The van der Waals surface area contributed by atoms with Crippen molar-refractivity contribution in [3.63, 3.8) is 0 Å². The fourth-order valence-electron chi connectivity index (χ4n) is 4.04. The van der Waals surface area contributed by atoms with Gasteiger partial charge in [-0.05, 0) is 37.3 Å². The minimum Gasteiger partial charge on any atom is -0.382 e. The van der Waals surface area contributed by atoms with Gasteiger partial charge in [0, 0.05) is 56.3 Å². The predicted octanol–water partition coefficient (Wildman–Crippen LogP) is 3.22. The van der Waals surface area contributed by atoms with Gasteiger partial charge in [-0.3, -0.25) is 4.99 Å². The number of fused-ring (bicyclic) bond motifs is 1. The fourth-order valence-corrected chi connectivity index (χ4v) is 4.04. The minimum absolute atomic E-state index is 0.566. The quantitative estimate of drug-likeness (QED) is 0.365. The molecule has 1 saturated heterocycles. The normalized spacial score (nSPS) is 17.4. The molecule has 0 bridgehead atoms. The second-order valence-corrected chi connectivity index (χ2v) is 7.66. The number of aryl methyl sites for hydroxylation is 1. The van der Waals surface area contributed by atoms with Gasteiger partial charge in [-0.1, -0.05) is 25.1 Å². The van der Waals surface area contributed by atoms with Crippen molar-refractivity contribution in [3.05, 3.63) is 35.5 Å². The maximum absolute atomic E-state index is 5.72. The average molecular weight is 401 g/mol. The van der Waals surface area contributed by atoms with Crippen LogP contribution in [0, 0.1) is 5.92 Å². The van der Waals surface area contributed by atoms with E-state index >= 15 is 0 Å². The number of hydrogen-bond acceptors (Lipinski definition) is 3. The van der Waals surface area contributed by atoms with Gasteiger partial charge < -0.3 is 24.7 Å². The summed E-state index contributed by atoms with van der Waals surface area (Å²) in [6.07, 6.45) is 5.29. The molecule has 160 valence electrons. The second-order valence-electron chi connectivity index (χ2n) is 7.66. The molecule has 1 aliphatic rings. The molecule has 2 heterocycles. The zero-order valence-electron chi connectivity index (χ0n) is 18.2. The molecule has 0 aliphatic carbocycles. The zero-order chi connectivity index (χ0) is 20.5. The highest BCUT2D eigenvalue weighted by atomic mass is 16.5. The molecule has 1 atom stereocenters. The Bertz CT molecular complexity index is 786. The van der Waals surface area contributed by atoms with Crippen molar-refractivity contribution in [2.24, 2.45) is 10.9 Å². The molecule has 29 heavy (non-hydrogen) atoms. The number of aromatic nitrogens is 1. The van der Waals surface area contributed by atoms with Crippen LogP contribution in [0.25, 0.3) is 10.9 Å². The van der Waals surface area contributed by atoms with Gasteiger partial charge in [0.1, 0.15) is 0 Å². The van der Waals surface area contributed by atoms with Crippen molar-refractivity contribution in [2.45, 2.75) is 33.1 Å². The number of methoxy groups -OCH3 is 1. The summed E-state index contributed by atoms with van der Waals surface area (Å²) in [6, 6.07) is 6.57. The summed E-state index contributed by atoms with van der Waals surface area (Å²) in [5, 5.41) is 4.80. The SMILES string of the molecule is CCNC(=NCCc1c[nH]c2c(CC)cccc12)N1CCC(COCCOC)C1. The highest BCUT2D eigenvalue weighted by Gasteiger charge is 2.24. The number of para-hydroxylation sites is 1. The van der Waals surface area contributed by atoms with E-state index in [-0.39, 0.29) is 0 Å². The first kappa shape index (κ1) is 21.7. The Hall–Kier alpha value is -2.05. The molecule has 0 amide bonds. The van der Waals surface area contributed by atoms with Gasteiger partial charge in [0.15, 0.2) is 5.96 Å². The summed E-state index contributed by atoms with van der Waals surface area (Å²) in [6.45, 7) is 10.2. The number of benzene rings is 1. The number of hydrogen-bond donors (Lipinski definition) is 2. The van der Waals surface area contributed by atoms with Gasteiger partial charge in [-0.15, -0.1) is 0 Å². The average Bonchev–Trinajstić information content (AvgIpc) is 3.38. The minimum atomic E-state index is 0.566. The third-order valence-corrected chi connectivity index (χ3v) is 5.62. The maximum Gasteiger partial charge on any atom is 0.193 e. The van der Waals surface area contributed by atoms with Crippen LogP contribution in [0.4, 0.5) is 0 Å². The molecule has 1 aromatic carbocycles. The fraction of sp³-hybridized carbons (Fsp3) is 0.609. The molecule has 6 nitrogen and oxygen atoms in total. The van der Waals surface area contributed by atoms with Crippen LogP contribution in [0.3, 0.4) is 0 Å². The van der Waals surface area contributed by atoms with Crippen LogP contribution in [0.1, 0.15) is 31.4 Å². The molecule has 3 rings (SSSR count). The molecule has 0 spiro atoms. The number of aromatic amines is 1. The van der Waals surface area contributed by atoms with Crippen LogP contribution in [0.5, 0.6) is 0 Å². The number of guanidine groups is 1. The van der Waals surface area contributed by atoms with Crippen molar-refractivity contribution >= 4 is 16.9 Å². The molecule has 2 N–H and O–H groups in total. The van der Waals surface area contributed by atoms with Crippen LogP contribution in [0.2, 0.25) is 0 Å². The lowest BCUT2D eigenvalue weighted by atomic mass is 10.1. The van der Waals surface area contributed by atoms with Crippen molar-refractivity contribution in [2.75, 3.05) is 53.1 Å². The Kier molecular flexibility index (Phi) is 8.38. The third kappa shape index (κ3) is 5.73. The Morgan fingerprint density at radius 3 is 2.97 bits per heavy atom. The van der Waals surface area contributed by atoms with Gasteiger partial charge in [-0.2, -0.15) is 0 Å². The first-order valence-corrected chi connectivity index (χ1v) is 10.9. The van der Waals surface area contributed by atoms with Gasteiger partial charge in [0.25, 0.3) is 0 Å². The topological polar surface area (TPSA) is 61.9 Å². The number of rotatable bonds is 10. The summed E-state index contributed by atoms with van der Waals surface area (Å²) >= 11 is 0. The molecule has 6 heteroatoms. The predicted molar refractivity (Wildman–Crippen MR) is 120 cm³/mol. The highest BCUT2D eigenvalue weighted by molar-refractivity contribution is 5.86. The number of nitrogens with one attached hydrogen (secondary N) is 2. The number of ether oxygens (including phenoxy) is 2. The molecule has 1 aromatic heterocycles. The smallest absolute Gasteiger partial charge is 0.193 e. The van der Waals surface area contributed by atoms with E-state index in [1.54, 1.807) is 7.11 Å². The van der Waals surface area contributed by atoms with E-state index in [1.807, 2.05) is 0 Å². The largest absolute Gasteiger partial charge is 0.382 e. The van der Waals surface area contributed by atoms with Crippen LogP contribution in [-0.2, 0) is 22.3 Å². The van der Waals surface area contributed by atoms with Crippen molar-refractivity contribution in [3.8, 4) is 0 Å². The molecule has 1 aliphatic heterocycles. The van der Waals surface area contributed by atoms with Gasteiger partial charge >= 0.3 is 0 Å². The Morgan fingerprint density at radius 1 is 1.28 bits per heavy atom. The van der Waals surface area contributed by atoms with Crippen molar-refractivity contribution < 1.29 is 9.47 Å². The first-order chi connectivity index (χ1) is 14.3. The highest BCUT2D eigenvalue weighted by Crippen LogP contribution is 2.23. The zero-order valence-corrected chi connectivity index (χ0v) is 18.2. The summed E-state index contributed by atoms with van der Waals surface area (Å²) in [5.74, 6) is 1.60. The second kappa shape index (κ2) is 11.2. The Labute approximate surface area is 174 Å². The number of nitrogens with zero attached hydrogens (tertiary/aromatic N) is 2. The van der Waals surface area contributed by atoms with Gasteiger partial charge in [0.2, 0.25) is 0 Å². The Balaban J connectivity index is 1.56. The third-order valence-electron chi connectivity index (χ3n) is 5.62. The van der Waals surface area contributed by atoms with Gasteiger partial charge in [-0.25, -0.2) is 0 Å². The summed E-state index contributed by atoms with van der Waals surface area (Å²) in [7, 11) is 1.71. The van der Waals surface area contributed by atoms with E-state index in [0.29, 0.717) is 19.1 Å². The molecule has 1 fully saturated rings. The summed E-state index contributed by atoms with van der Waals surface area (Å²) < 4.78 is 10.8. The van der Waals surface area contributed by atoms with E-state index < -0.39 is 0 Å². The molecular weight excluding hydrogens is 364 g/mol. The molecule has 0 saturated carbocycles. The van der Waals surface area contributed by atoms with Crippen LogP contribution >= 0.6 is 0 Å². The monoisotopic (exact) mass is 400 g/mol. The van der Waals surface area contributed by atoms with Crippen molar-refractivity contribution in [1.29, 1.82) is 0 Å². The van der Waals surface area contributed by atoms with Crippen LogP contribution < -0.4 is 5.32 Å². The summed E-state index contributed by atoms with van der Waals surface area (Å²) in [4.78, 5) is 10.8. The number of H-pyrrole nitrogens is 1. The van der Waals surface area contributed by atoms with Crippen molar-refractivity contribution in [1.82, 2.24) is 15.2 Å². The van der Waals surface area contributed by atoms with E-state index in [9.17, 15) is 0 Å². The summed E-state index contributed by atoms with van der Waals surface area (Å²) in [5.41, 5.74) is 4.00. The van der Waals surface area contributed by atoms with E-state index in [4.69, 9.17) is 14.5 Å². The lowest BCUT2D eigenvalue weighted by molar-refractivity contribution is 0.0536. The number of aliphatic imine (C=N–C) groups is 1. The Morgan fingerprint density at radius 2 is 2.17 bits per heavy atom. The standard InChI is InChI=1S/C23H36N4O2/c1-4-19-7-6-8-21-20(15-26-22(19)21)9-11-25-23(24-5-2)27-12-10-18(16-27)17-29-14-13-28-3/h6-8,15,18,26H,4-5,9-14,16-17H2,1-3H3,(H,24,25). The van der Waals surface area contributed by atoms with E-state index in [1.165, 1.54) is 22.0 Å². The number of likely N-dealkylation sites (tertiary alicyclic amines) is 1.